The van der Waals surface area contributed by atoms with Gasteiger partial charge in [0.15, 0.2) is 0 Å². The van der Waals surface area contributed by atoms with Gasteiger partial charge in [0.25, 0.3) is 0 Å². The van der Waals surface area contributed by atoms with Crippen molar-refractivity contribution < 1.29 is 11.0 Å². The van der Waals surface area contributed by atoms with Crippen LogP contribution in [0.3, 0.4) is 0 Å². The molecule has 10 aromatic carbocycles. The maximum Gasteiger partial charge on any atom is 0.0714 e. The molecular formula is C69H52N2. The lowest BCUT2D eigenvalue weighted by molar-refractivity contribution is 0.768. The standard InChI is InChI=1S/C69H52N2/c1-3-5-22-51-36-37-56(48-54(51)23-6-4-2)55-24-21-33-63(49-55)71(62-44-40-53(41-45-62)52-38-42-61(43-39-52)70(59-29-15-9-16-30-59)60-31-17-10-18-32-60)64-46-47-66-65-34-19-20-35-67(65)69(68(66)50-64,57-25-11-7-12-26-57)58-27-13-8-14-28-58/h3-50H,1-2H2/b22-5-,23-6-/i38D,39D,40D,41D,42D,43D,44D,45D. The predicted molar refractivity (Wildman–Crippen MR) is 302 cm³/mol. The molecule has 1 aliphatic carbocycles. The van der Waals surface area contributed by atoms with Gasteiger partial charge in [-0.1, -0.05) is 225 Å². The molecule has 0 spiro atoms. The topological polar surface area (TPSA) is 6.48 Å². The van der Waals surface area contributed by atoms with Gasteiger partial charge >= 0.3 is 0 Å². The average Bonchev–Trinajstić information content (AvgIpc) is 4.02. The summed E-state index contributed by atoms with van der Waals surface area (Å²) < 4.78 is 77.9. The van der Waals surface area contributed by atoms with E-state index in [1.54, 1.807) is 22.0 Å². The monoisotopic (exact) mass is 916 g/mol. The van der Waals surface area contributed by atoms with E-state index >= 15 is 0 Å². The van der Waals surface area contributed by atoms with Crippen LogP contribution in [0.1, 0.15) is 44.3 Å². The molecule has 0 heterocycles. The molecule has 0 aliphatic heterocycles. The van der Waals surface area contributed by atoms with Crippen LogP contribution in [0.4, 0.5) is 34.1 Å². The molecule has 338 valence electrons. The smallest absolute Gasteiger partial charge is 0.0714 e. The molecule has 2 nitrogen and oxygen atoms in total. The minimum absolute atomic E-state index is 0.0263. The Labute approximate surface area is 429 Å². The lowest BCUT2D eigenvalue weighted by Gasteiger charge is -2.35. The number of benzene rings is 10. The van der Waals surface area contributed by atoms with E-state index < -0.39 is 53.8 Å². The molecular weight excluding hydrogens is 857 g/mol. The first-order valence-electron chi connectivity index (χ1n) is 27.6. The summed E-state index contributed by atoms with van der Waals surface area (Å²) in [5.74, 6) is 0. The Hall–Kier alpha value is -9.24. The van der Waals surface area contributed by atoms with Crippen molar-refractivity contribution in [2.45, 2.75) is 5.41 Å². The highest BCUT2D eigenvalue weighted by atomic mass is 15.1. The number of allylic oxidation sites excluding steroid dienone is 4. The largest absolute Gasteiger partial charge is 0.311 e. The van der Waals surface area contributed by atoms with E-state index in [1.807, 2.05) is 170 Å². The first-order chi connectivity index (χ1) is 38.5. The first kappa shape index (κ1) is 35.8. The van der Waals surface area contributed by atoms with E-state index in [0.29, 0.717) is 22.7 Å². The summed E-state index contributed by atoms with van der Waals surface area (Å²) in [5, 5.41) is 0. The third-order valence-electron chi connectivity index (χ3n) is 13.0. The predicted octanol–water partition coefficient (Wildman–Crippen LogP) is 18.7. The van der Waals surface area contributed by atoms with Crippen LogP contribution < -0.4 is 9.80 Å². The number of anilines is 6. The lowest BCUT2D eigenvalue weighted by atomic mass is 9.67. The van der Waals surface area contributed by atoms with Crippen molar-refractivity contribution in [1.29, 1.82) is 0 Å². The molecule has 0 saturated heterocycles. The second kappa shape index (κ2) is 19.8. The molecule has 71 heavy (non-hydrogen) atoms. The highest BCUT2D eigenvalue weighted by Gasteiger charge is 2.46. The van der Waals surface area contributed by atoms with E-state index in [0.717, 1.165) is 55.6 Å². The third-order valence-corrected chi connectivity index (χ3v) is 13.0. The summed E-state index contributed by atoms with van der Waals surface area (Å²) >= 11 is 0. The van der Waals surface area contributed by atoms with Crippen LogP contribution in [0.2, 0.25) is 0 Å². The highest BCUT2D eigenvalue weighted by Crippen LogP contribution is 2.57. The zero-order valence-corrected chi connectivity index (χ0v) is 38.9. The molecule has 0 saturated carbocycles. The van der Waals surface area contributed by atoms with Gasteiger partial charge in [0.2, 0.25) is 0 Å². The quantitative estimate of drug-likeness (QED) is 0.100. The second-order valence-corrected chi connectivity index (χ2v) is 17.1. The summed E-state index contributed by atoms with van der Waals surface area (Å²) in [6.07, 6.45) is 11.2. The first-order valence-corrected chi connectivity index (χ1v) is 23.6. The number of para-hydroxylation sites is 2. The van der Waals surface area contributed by atoms with Crippen molar-refractivity contribution in [3.05, 3.63) is 325 Å². The zero-order valence-electron chi connectivity index (χ0n) is 46.9. The summed E-state index contributed by atoms with van der Waals surface area (Å²) in [6, 6.07) is 63.8. The van der Waals surface area contributed by atoms with Gasteiger partial charge in [-0.05, 0) is 146 Å². The second-order valence-electron chi connectivity index (χ2n) is 17.1. The minimum Gasteiger partial charge on any atom is -0.311 e. The fraction of sp³-hybridized carbons (Fsp3) is 0.0145. The SMILES string of the molecule is [2H]c1c([2H])c(N(c2ccccc2)c2ccccc2)c([2H])c([2H])c1-c1c([2H])c([2H])c(N(c2cccc(-c3ccc(/C=C\C=C)c(/C=C\C=C)c3)c2)c2ccc3c(c2)C(c2ccccc2)(c2ccccc2)c2ccccc2-3)c([2H])c1[2H]. The van der Waals surface area contributed by atoms with E-state index in [9.17, 15) is 11.0 Å². The van der Waals surface area contributed by atoms with Gasteiger partial charge < -0.3 is 9.80 Å². The van der Waals surface area contributed by atoms with Gasteiger partial charge in [0.05, 0.1) is 16.4 Å². The number of fused-ring (bicyclic) bond motifs is 3. The Balaban J connectivity index is 1.16. The Bertz CT molecular complexity index is 3910. The summed E-state index contributed by atoms with van der Waals surface area (Å²) in [5.41, 5.74) is 10.6. The van der Waals surface area contributed by atoms with Crippen LogP contribution >= 0.6 is 0 Å². The number of hydrogen-bond acceptors (Lipinski definition) is 2. The highest BCUT2D eigenvalue weighted by molar-refractivity contribution is 5.90. The average molecular weight is 917 g/mol. The maximum absolute atomic E-state index is 10.0. The number of rotatable bonds is 14. The molecule has 1 aliphatic rings. The van der Waals surface area contributed by atoms with Crippen molar-refractivity contribution in [2.24, 2.45) is 0 Å². The van der Waals surface area contributed by atoms with E-state index in [4.69, 9.17) is 0 Å². The van der Waals surface area contributed by atoms with Crippen molar-refractivity contribution in [1.82, 2.24) is 0 Å². The Morgan fingerprint density at radius 2 is 0.803 bits per heavy atom. The Kier molecular flexibility index (Phi) is 9.98. The van der Waals surface area contributed by atoms with Gasteiger partial charge in [-0.15, -0.1) is 0 Å². The number of nitrogens with zero attached hydrogens (tertiary/aromatic N) is 2. The molecule has 0 unspecified atom stereocenters. The van der Waals surface area contributed by atoms with Crippen molar-refractivity contribution in [2.75, 3.05) is 9.80 Å². The Morgan fingerprint density at radius 1 is 0.338 bits per heavy atom. The molecule has 0 bridgehead atoms. The summed E-state index contributed by atoms with van der Waals surface area (Å²) in [4.78, 5) is 3.43. The molecule has 0 aromatic heterocycles. The van der Waals surface area contributed by atoms with Crippen LogP contribution in [0.25, 0.3) is 45.5 Å². The summed E-state index contributed by atoms with van der Waals surface area (Å²) in [6.45, 7) is 7.74. The molecule has 0 radical (unpaired) electrons. The third kappa shape index (κ3) is 8.43. The van der Waals surface area contributed by atoms with E-state index in [-0.39, 0.29) is 22.5 Å². The zero-order chi connectivity index (χ0) is 55.0. The lowest BCUT2D eigenvalue weighted by Crippen LogP contribution is -2.28. The van der Waals surface area contributed by atoms with Crippen LogP contribution in [0.5, 0.6) is 0 Å². The molecule has 0 atom stereocenters. The van der Waals surface area contributed by atoms with Crippen molar-refractivity contribution >= 4 is 46.3 Å². The van der Waals surface area contributed by atoms with E-state index in [1.165, 1.54) is 0 Å². The normalized spacial score (nSPS) is 13.9. The van der Waals surface area contributed by atoms with Crippen LogP contribution in [0.15, 0.2) is 292 Å². The van der Waals surface area contributed by atoms with Crippen LogP contribution in [-0.2, 0) is 5.41 Å². The molecule has 10 aromatic rings. The Morgan fingerprint density at radius 3 is 1.38 bits per heavy atom. The molecule has 0 fully saturated rings. The van der Waals surface area contributed by atoms with Crippen LogP contribution in [0, 0.1) is 0 Å². The fourth-order valence-electron chi connectivity index (χ4n) is 9.84. The van der Waals surface area contributed by atoms with Gasteiger partial charge in [0, 0.05) is 34.1 Å². The molecule has 11 rings (SSSR count). The van der Waals surface area contributed by atoms with Gasteiger partial charge in [-0.2, -0.15) is 0 Å². The number of hydrogen-bond donors (Lipinski definition) is 0. The van der Waals surface area contributed by atoms with Gasteiger partial charge in [0.1, 0.15) is 0 Å². The van der Waals surface area contributed by atoms with E-state index in [2.05, 4.69) is 73.8 Å². The maximum atomic E-state index is 10.0. The molecule has 0 amide bonds. The van der Waals surface area contributed by atoms with Crippen LogP contribution in [-0.4, -0.2) is 0 Å². The van der Waals surface area contributed by atoms with Crippen molar-refractivity contribution in [3.63, 3.8) is 0 Å². The minimum atomic E-state index is -0.812. The van der Waals surface area contributed by atoms with Gasteiger partial charge in [-0.3, -0.25) is 0 Å². The molecule has 2 heteroatoms. The van der Waals surface area contributed by atoms with Gasteiger partial charge in [-0.25, -0.2) is 0 Å². The molecule has 0 N–H and O–H groups in total. The summed E-state index contributed by atoms with van der Waals surface area (Å²) in [7, 11) is 0. The fourth-order valence-corrected chi connectivity index (χ4v) is 9.84. The van der Waals surface area contributed by atoms with Crippen molar-refractivity contribution in [3.8, 4) is 33.4 Å².